The molecule has 3 fully saturated rings. The molecule has 2 saturated carbocycles. The van der Waals surface area contributed by atoms with E-state index in [2.05, 4.69) is 21.4 Å². The zero-order chi connectivity index (χ0) is 39.3. The molecule has 0 radical (unpaired) electrons. The summed E-state index contributed by atoms with van der Waals surface area (Å²) in [6.07, 6.45) is 8.45. The number of nitrogens with one attached hydrogen (secondary N) is 3. The van der Waals surface area contributed by atoms with Crippen molar-refractivity contribution >= 4 is 38.8 Å². The highest BCUT2D eigenvalue weighted by molar-refractivity contribution is 7.91. The summed E-state index contributed by atoms with van der Waals surface area (Å²) >= 11 is 0. The highest BCUT2D eigenvalue weighted by Gasteiger charge is 2.59. The molecule has 2 aromatic rings. The Labute approximate surface area is 324 Å². The molecule has 1 aromatic heterocycles. The van der Waals surface area contributed by atoms with E-state index in [0.29, 0.717) is 57.1 Å². The third kappa shape index (κ3) is 7.70. The van der Waals surface area contributed by atoms with Crippen molar-refractivity contribution < 1.29 is 37.4 Å². The predicted molar refractivity (Wildman–Crippen MR) is 208 cm³/mol. The number of carbonyl (C=O) groups is 3. The molecule has 4 heterocycles. The number of sulfonamides is 1. The number of hydrogen-bond acceptors (Lipinski definition) is 9. The number of nitrogens with zero attached hydrogens (tertiary/aromatic N) is 2. The zero-order valence-corrected chi connectivity index (χ0v) is 33.6. The number of carbonyl (C=O) groups excluding carboxylic acids is 3. The molecule has 13 nitrogen and oxygen atoms in total. The zero-order valence-electron chi connectivity index (χ0n) is 32.8. The molecule has 300 valence electrons. The minimum atomic E-state index is -3.89. The first-order valence-electron chi connectivity index (χ1n) is 20.1. The molecule has 55 heavy (non-hydrogen) atoms. The predicted octanol–water partition coefficient (Wildman–Crippen LogP) is 4.84. The van der Waals surface area contributed by atoms with E-state index >= 15 is 0 Å². The fourth-order valence-corrected chi connectivity index (χ4v) is 10.2. The lowest BCUT2D eigenvalue weighted by Gasteiger charge is -2.52. The van der Waals surface area contributed by atoms with Crippen LogP contribution in [0.5, 0.6) is 5.75 Å². The third-order valence-corrected chi connectivity index (χ3v) is 14.9. The molecule has 4 N–H and O–H groups in total. The van der Waals surface area contributed by atoms with Crippen LogP contribution in [0.3, 0.4) is 0 Å². The summed E-state index contributed by atoms with van der Waals surface area (Å²) < 4.78 is 40.7. The van der Waals surface area contributed by atoms with E-state index < -0.39 is 62.1 Å². The lowest BCUT2D eigenvalue weighted by Crippen LogP contribution is -2.72. The standard InChI is InChI=1S/C41H57N5O8S/c1-25(2)23-53-38(50)43-32-12-10-8-6-7-9-11-28-15-18-41(28,37(49)45-55(51,52)39(5)19-20-39)44-35(47)33-22-40(24-46(33)36(32)48)17-16-29-30-21-26(3)13-14-31(30)42-27(4)34(29)54-40/h9,11,13-14,21,25,28,32-33,37,45,49H,6-8,10,12,15-20,22-24H2,1-5H3,(H,43,50)(H,44,47)/b11-9-/t28-,32+,33+,37?,40-,41-/m1/s1. The molecule has 1 saturated heterocycles. The Morgan fingerprint density at radius 3 is 2.62 bits per heavy atom. The van der Waals surface area contributed by atoms with E-state index in [9.17, 15) is 27.9 Å². The van der Waals surface area contributed by atoms with Crippen molar-refractivity contribution in [2.75, 3.05) is 13.2 Å². The molecule has 3 aliphatic heterocycles. The molecule has 1 spiro atoms. The van der Waals surface area contributed by atoms with Crippen LogP contribution in [-0.2, 0) is 30.8 Å². The number of fused-ring (bicyclic) bond motifs is 5. The van der Waals surface area contributed by atoms with Crippen LogP contribution in [0.1, 0.15) is 108 Å². The number of hydrogen-bond donors (Lipinski definition) is 4. The number of aromatic nitrogens is 1. The van der Waals surface area contributed by atoms with Gasteiger partial charge in [0.05, 0.1) is 34.6 Å². The molecule has 0 bridgehead atoms. The molecule has 1 aromatic carbocycles. The number of pyridine rings is 1. The van der Waals surface area contributed by atoms with Gasteiger partial charge in [0.25, 0.3) is 0 Å². The van der Waals surface area contributed by atoms with Crippen molar-refractivity contribution in [1.82, 2.24) is 25.2 Å². The Morgan fingerprint density at radius 1 is 1.13 bits per heavy atom. The van der Waals surface area contributed by atoms with Crippen molar-refractivity contribution in [2.24, 2.45) is 11.8 Å². The maximum Gasteiger partial charge on any atom is 0.407 e. The van der Waals surface area contributed by atoms with Crippen molar-refractivity contribution in [3.8, 4) is 5.75 Å². The number of benzene rings is 1. The average Bonchev–Trinajstić information content (AvgIpc) is 3.79. The van der Waals surface area contributed by atoms with Gasteiger partial charge in [-0.2, -0.15) is 4.72 Å². The molecule has 14 heteroatoms. The van der Waals surface area contributed by atoms with Crippen LogP contribution in [0, 0.1) is 25.7 Å². The summed E-state index contributed by atoms with van der Waals surface area (Å²) in [4.78, 5) is 49.0. The number of alkyl carbamates (subject to hydrolysis) is 1. The fraction of sp³-hybridized carbons (Fsp3) is 0.659. The number of aliphatic hydroxyl groups excluding tert-OH is 1. The van der Waals surface area contributed by atoms with Gasteiger partial charge >= 0.3 is 6.09 Å². The summed E-state index contributed by atoms with van der Waals surface area (Å²) in [6, 6.07) is 4.18. The van der Waals surface area contributed by atoms with Crippen LogP contribution in [0.25, 0.3) is 10.9 Å². The topological polar surface area (TPSA) is 176 Å². The van der Waals surface area contributed by atoms with E-state index in [0.717, 1.165) is 47.0 Å². The van der Waals surface area contributed by atoms with Gasteiger partial charge in [0.15, 0.2) is 0 Å². The minimum Gasteiger partial charge on any atom is -0.483 e. The minimum absolute atomic E-state index is 0.0950. The Kier molecular flexibility index (Phi) is 10.7. The molecular formula is C41H57N5O8S. The van der Waals surface area contributed by atoms with Gasteiger partial charge in [-0.3, -0.25) is 9.59 Å². The highest BCUT2D eigenvalue weighted by atomic mass is 32.2. The van der Waals surface area contributed by atoms with E-state index in [1.54, 1.807) is 6.92 Å². The first kappa shape index (κ1) is 39.5. The van der Waals surface area contributed by atoms with E-state index in [1.807, 2.05) is 52.0 Å². The fourth-order valence-electron chi connectivity index (χ4n) is 8.77. The first-order valence-corrected chi connectivity index (χ1v) is 21.5. The normalized spacial score (nSPS) is 30.5. The number of ether oxygens (including phenoxy) is 2. The van der Waals surface area contributed by atoms with Crippen LogP contribution in [0.4, 0.5) is 4.79 Å². The number of allylic oxidation sites excluding steroid dienone is 1. The van der Waals surface area contributed by atoms with Crippen LogP contribution < -0.4 is 20.1 Å². The van der Waals surface area contributed by atoms with E-state index in [1.165, 1.54) is 4.90 Å². The van der Waals surface area contributed by atoms with Gasteiger partial charge in [-0.05, 0) is 96.6 Å². The smallest absolute Gasteiger partial charge is 0.407 e. The monoisotopic (exact) mass is 779 g/mol. The summed E-state index contributed by atoms with van der Waals surface area (Å²) in [6.45, 7) is 9.75. The van der Waals surface area contributed by atoms with Crippen LogP contribution in [-0.4, -0.2) is 88.7 Å². The average molecular weight is 780 g/mol. The van der Waals surface area contributed by atoms with Crippen molar-refractivity contribution in [2.45, 2.75) is 146 Å². The number of aryl methyl sites for hydroxylation is 3. The maximum absolute atomic E-state index is 14.8. The Balaban J connectivity index is 1.24. The quantitative estimate of drug-likeness (QED) is 0.226. The lowest BCUT2D eigenvalue weighted by molar-refractivity contribution is -0.143. The number of aliphatic hydroxyl groups is 1. The summed E-state index contributed by atoms with van der Waals surface area (Å²) in [7, 11) is -3.89. The van der Waals surface area contributed by atoms with Crippen molar-refractivity contribution in [1.29, 1.82) is 0 Å². The van der Waals surface area contributed by atoms with E-state index in [4.69, 9.17) is 14.5 Å². The third-order valence-electron chi connectivity index (χ3n) is 12.6. The summed E-state index contributed by atoms with van der Waals surface area (Å²) in [5.41, 5.74) is 1.50. The number of amides is 3. The van der Waals surface area contributed by atoms with Crippen LogP contribution >= 0.6 is 0 Å². The summed E-state index contributed by atoms with van der Waals surface area (Å²) in [5.74, 6) is -0.486. The van der Waals surface area contributed by atoms with Crippen molar-refractivity contribution in [3.63, 3.8) is 0 Å². The second kappa shape index (κ2) is 15.0. The SMILES string of the molecule is Cc1ccc2nc(C)c3c(c2c1)CC[C@]1(C[C@H]2C(=O)N[C@]4(C(O)NS(=O)(=O)C5(C)CC5)CC[C@H]4/C=C\CCCCC[C@H](NC(=O)OCC(C)C)C(=O)N2C1)O3. The maximum atomic E-state index is 14.8. The Morgan fingerprint density at radius 2 is 1.91 bits per heavy atom. The summed E-state index contributed by atoms with van der Waals surface area (Å²) in [5, 5.41) is 18.7. The van der Waals surface area contributed by atoms with Gasteiger partial charge < -0.3 is 30.1 Å². The van der Waals surface area contributed by atoms with Gasteiger partial charge in [0, 0.05) is 23.3 Å². The number of rotatable bonds is 7. The molecule has 2 aliphatic carbocycles. The molecule has 6 atom stereocenters. The molecular weight excluding hydrogens is 723 g/mol. The Bertz CT molecular complexity index is 1980. The molecule has 7 rings (SSSR count). The first-order chi connectivity index (χ1) is 26.1. The van der Waals surface area contributed by atoms with E-state index in [-0.39, 0.29) is 31.4 Å². The van der Waals surface area contributed by atoms with Gasteiger partial charge in [-0.15, -0.1) is 0 Å². The lowest BCUT2D eigenvalue weighted by atomic mass is 9.65. The second-order valence-electron chi connectivity index (χ2n) is 17.4. The van der Waals surface area contributed by atoms with Gasteiger partial charge in [-0.1, -0.05) is 50.5 Å². The van der Waals surface area contributed by atoms with Crippen LogP contribution in [0.2, 0.25) is 0 Å². The molecule has 3 amide bonds. The van der Waals surface area contributed by atoms with Crippen LogP contribution in [0.15, 0.2) is 30.4 Å². The Hall–Kier alpha value is -3.75. The van der Waals surface area contributed by atoms with Gasteiger partial charge in [0.2, 0.25) is 21.8 Å². The molecule has 1 unspecified atom stereocenters. The van der Waals surface area contributed by atoms with Gasteiger partial charge in [0.1, 0.15) is 29.7 Å². The van der Waals surface area contributed by atoms with Gasteiger partial charge in [-0.25, -0.2) is 18.2 Å². The second-order valence-corrected chi connectivity index (χ2v) is 19.6. The van der Waals surface area contributed by atoms with Crippen molar-refractivity contribution in [3.05, 3.63) is 47.2 Å². The largest absolute Gasteiger partial charge is 0.483 e. The highest BCUT2D eigenvalue weighted by Crippen LogP contribution is 2.48. The molecule has 5 aliphatic rings.